The van der Waals surface area contributed by atoms with Crippen LogP contribution >= 0.6 is 15.9 Å². The normalized spacial score (nSPS) is 11.7. The Balaban J connectivity index is 2.90. The molecule has 1 heterocycles. The Bertz CT molecular complexity index is 417. The zero-order chi connectivity index (χ0) is 10.8. The lowest BCUT2D eigenvalue weighted by atomic mass is 10.5. The number of hydrogen-bond acceptors (Lipinski definition) is 3. The quantitative estimate of drug-likeness (QED) is 0.920. The smallest absolute Gasteiger partial charge is 0.236 e. The Morgan fingerprint density at radius 3 is 2.64 bits per heavy atom. The summed E-state index contributed by atoms with van der Waals surface area (Å²) in [4.78, 5) is 3.89. The molecule has 1 aromatic rings. The van der Waals surface area contributed by atoms with E-state index >= 15 is 0 Å². The molecule has 0 unspecified atom stereocenters. The Morgan fingerprint density at radius 1 is 1.50 bits per heavy atom. The molecule has 0 fully saturated rings. The maximum absolute atomic E-state index is 11.4. The first kappa shape index (κ1) is 11.5. The first-order chi connectivity index (χ1) is 6.42. The van der Waals surface area contributed by atoms with Crippen LogP contribution in [0.2, 0.25) is 0 Å². The average Bonchev–Trinajstić information content (AvgIpc) is 2.02. The van der Waals surface area contributed by atoms with E-state index in [0.29, 0.717) is 5.82 Å². The first-order valence-corrected chi connectivity index (χ1v) is 6.39. The zero-order valence-electron chi connectivity index (χ0n) is 7.86. The van der Waals surface area contributed by atoms with E-state index in [1.165, 1.54) is 6.20 Å². The lowest BCUT2D eigenvalue weighted by Crippen LogP contribution is -2.22. The van der Waals surface area contributed by atoms with Gasteiger partial charge in [-0.1, -0.05) is 15.9 Å². The van der Waals surface area contributed by atoms with Crippen LogP contribution in [-0.2, 0) is 10.0 Å². The molecule has 0 aliphatic rings. The predicted octanol–water partition coefficient (Wildman–Crippen LogP) is 1.99. The molecular weight excluding hydrogens is 268 g/mol. The highest BCUT2D eigenvalue weighted by Crippen LogP contribution is 2.14. The fourth-order valence-corrected chi connectivity index (χ4v) is 1.70. The van der Waals surface area contributed by atoms with Gasteiger partial charge in [-0.15, -0.1) is 0 Å². The maximum atomic E-state index is 11.4. The summed E-state index contributed by atoms with van der Waals surface area (Å²) in [6.07, 6.45) is 1.53. The summed E-state index contributed by atoms with van der Waals surface area (Å²) in [6, 6.07) is 3.34. The number of pyridine rings is 1. The monoisotopic (exact) mass is 278 g/mol. The van der Waals surface area contributed by atoms with Crippen LogP contribution < -0.4 is 4.72 Å². The maximum Gasteiger partial charge on any atom is 0.236 e. The summed E-state index contributed by atoms with van der Waals surface area (Å²) in [6.45, 7) is 3.22. The van der Waals surface area contributed by atoms with Gasteiger partial charge in [-0.05, 0) is 26.0 Å². The van der Waals surface area contributed by atoms with Crippen molar-refractivity contribution in [1.29, 1.82) is 0 Å². The molecule has 1 rings (SSSR count). The minimum Gasteiger partial charge on any atom is -0.267 e. The number of nitrogens with one attached hydrogen (secondary N) is 1. The number of halogens is 1. The summed E-state index contributed by atoms with van der Waals surface area (Å²) in [7, 11) is -3.30. The molecule has 0 radical (unpaired) electrons. The van der Waals surface area contributed by atoms with Gasteiger partial charge in [0.15, 0.2) is 0 Å². The molecule has 0 saturated carbocycles. The third-order valence-corrected chi connectivity index (χ3v) is 3.82. The number of aromatic nitrogens is 1. The van der Waals surface area contributed by atoms with E-state index in [4.69, 9.17) is 0 Å². The third kappa shape index (κ3) is 2.95. The van der Waals surface area contributed by atoms with E-state index in [2.05, 4.69) is 25.6 Å². The van der Waals surface area contributed by atoms with Crippen molar-refractivity contribution in [2.24, 2.45) is 0 Å². The van der Waals surface area contributed by atoms with Crippen LogP contribution in [0.3, 0.4) is 0 Å². The second-order valence-corrected chi connectivity index (χ2v) is 6.21. The van der Waals surface area contributed by atoms with E-state index in [1.54, 1.807) is 26.0 Å². The second-order valence-electron chi connectivity index (χ2n) is 3.06. The minimum absolute atomic E-state index is 0.327. The van der Waals surface area contributed by atoms with Crippen molar-refractivity contribution in [1.82, 2.24) is 4.98 Å². The molecule has 1 N–H and O–H groups in total. The van der Waals surface area contributed by atoms with Crippen LogP contribution in [0.4, 0.5) is 5.82 Å². The fourth-order valence-electron chi connectivity index (χ4n) is 0.724. The summed E-state index contributed by atoms with van der Waals surface area (Å²) < 4.78 is 26.1. The van der Waals surface area contributed by atoms with E-state index in [-0.39, 0.29) is 0 Å². The summed E-state index contributed by atoms with van der Waals surface area (Å²) >= 11 is 3.23. The molecule has 0 atom stereocenters. The van der Waals surface area contributed by atoms with Crippen LogP contribution in [0.15, 0.2) is 22.8 Å². The molecule has 1 aromatic heterocycles. The van der Waals surface area contributed by atoms with Gasteiger partial charge in [0.2, 0.25) is 10.0 Å². The lowest BCUT2D eigenvalue weighted by molar-refractivity contribution is 0.592. The van der Waals surface area contributed by atoms with Gasteiger partial charge in [0.05, 0.1) is 5.25 Å². The van der Waals surface area contributed by atoms with Gasteiger partial charge < -0.3 is 0 Å². The molecule has 0 amide bonds. The summed E-state index contributed by atoms with van der Waals surface area (Å²) in [5.41, 5.74) is 0. The van der Waals surface area contributed by atoms with Crippen LogP contribution in [0.25, 0.3) is 0 Å². The Hall–Kier alpha value is -0.620. The van der Waals surface area contributed by atoms with Gasteiger partial charge in [-0.25, -0.2) is 13.4 Å². The molecule has 14 heavy (non-hydrogen) atoms. The number of rotatable bonds is 3. The van der Waals surface area contributed by atoms with Crippen LogP contribution in [0.1, 0.15) is 13.8 Å². The minimum atomic E-state index is -3.30. The van der Waals surface area contributed by atoms with Crippen LogP contribution in [0.5, 0.6) is 0 Å². The summed E-state index contributed by atoms with van der Waals surface area (Å²) in [5.74, 6) is 0.327. The highest BCUT2D eigenvalue weighted by atomic mass is 79.9. The molecule has 0 aliphatic carbocycles. The molecule has 0 saturated heterocycles. The second kappa shape index (κ2) is 4.27. The van der Waals surface area contributed by atoms with Crippen molar-refractivity contribution in [3.63, 3.8) is 0 Å². The van der Waals surface area contributed by atoms with Gasteiger partial charge in [0.1, 0.15) is 5.82 Å². The van der Waals surface area contributed by atoms with Gasteiger partial charge in [-0.2, -0.15) is 0 Å². The first-order valence-electron chi connectivity index (χ1n) is 4.05. The fraction of sp³-hybridized carbons (Fsp3) is 0.375. The van der Waals surface area contributed by atoms with E-state index < -0.39 is 15.3 Å². The molecule has 4 nitrogen and oxygen atoms in total. The molecule has 0 aromatic carbocycles. The third-order valence-electron chi connectivity index (χ3n) is 1.59. The van der Waals surface area contributed by atoms with Crippen LogP contribution in [0, 0.1) is 0 Å². The van der Waals surface area contributed by atoms with Crippen molar-refractivity contribution >= 4 is 31.8 Å². The molecule has 6 heteroatoms. The molecule has 0 bridgehead atoms. The van der Waals surface area contributed by atoms with Gasteiger partial charge in [0.25, 0.3) is 0 Å². The van der Waals surface area contributed by atoms with Crippen molar-refractivity contribution in [3.05, 3.63) is 22.8 Å². The molecule has 0 spiro atoms. The average molecular weight is 279 g/mol. The number of hydrogen-bond donors (Lipinski definition) is 1. The lowest BCUT2D eigenvalue weighted by Gasteiger charge is -2.09. The largest absolute Gasteiger partial charge is 0.267 e. The SMILES string of the molecule is CC(C)S(=O)(=O)Nc1cc(Br)ccn1. The van der Waals surface area contributed by atoms with Gasteiger partial charge >= 0.3 is 0 Å². The van der Waals surface area contributed by atoms with Crippen molar-refractivity contribution in [2.45, 2.75) is 19.1 Å². The highest BCUT2D eigenvalue weighted by molar-refractivity contribution is 9.10. The molecular formula is C8H11BrN2O2S. The Labute approximate surface area is 91.9 Å². The molecule has 0 aliphatic heterocycles. The highest BCUT2D eigenvalue weighted by Gasteiger charge is 2.15. The number of nitrogens with zero attached hydrogens (tertiary/aromatic N) is 1. The number of anilines is 1. The Kier molecular flexibility index (Phi) is 3.49. The zero-order valence-corrected chi connectivity index (χ0v) is 10.3. The van der Waals surface area contributed by atoms with E-state index in [0.717, 1.165) is 4.47 Å². The number of sulfonamides is 1. The Morgan fingerprint density at radius 2 is 2.14 bits per heavy atom. The van der Waals surface area contributed by atoms with Crippen molar-refractivity contribution < 1.29 is 8.42 Å². The molecule has 78 valence electrons. The topological polar surface area (TPSA) is 59.1 Å². The summed E-state index contributed by atoms with van der Waals surface area (Å²) in [5, 5.41) is -0.469. The van der Waals surface area contributed by atoms with Crippen molar-refractivity contribution in [2.75, 3.05) is 4.72 Å². The van der Waals surface area contributed by atoms with E-state index in [9.17, 15) is 8.42 Å². The van der Waals surface area contributed by atoms with Gasteiger partial charge in [-0.3, -0.25) is 4.72 Å². The van der Waals surface area contributed by atoms with Crippen LogP contribution in [-0.4, -0.2) is 18.7 Å². The van der Waals surface area contributed by atoms with E-state index in [1.807, 2.05) is 0 Å². The van der Waals surface area contributed by atoms with Crippen molar-refractivity contribution in [3.8, 4) is 0 Å². The standard InChI is InChI=1S/C8H11BrN2O2S/c1-6(2)14(12,13)11-8-5-7(9)3-4-10-8/h3-6H,1-2H3,(H,10,11). The van der Waals surface area contributed by atoms with Gasteiger partial charge in [0, 0.05) is 10.7 Å². The predicted molar refractivity (Wildman–Crippen MR) is 59.6 cm³/mol.